The fraction of sp³-hybridized carbons (Fsp3) is 0.500. The van der Waals surface area contributed by atoms with Crippen LogP contribution in [0, 0.1) is 5.92 Å². The highest BCUT2D eigenvalue weighted by atomic mass is 32.2. The summed E-state index contributed by atoms with van der Waals surface area (Å²) in [4.78, 5) is 17.1. The molecule has 3 heterocycles. The zero-order valence-corrected chi connectivity index (χ0v) is 20.9. The highest BCUT2D eigenvalue weighted by molar-refractivity contribution is 7.89. The Bertz CT molecular complexity index is 1200. The maximum atomic E-state index is 12.6. The average molecular weight is 471 g/mol. The number of aromatic amines is 1. The maximum Gasteiger partial charge on any atom is 0.241 e. The van der Waals surface area contributed by atoms with E-state index in [1.165, 1.54) is 0 Å². The zero-order chi connectivity index (χ0) is 23.8. The van der Waals surface area contributed by atoms with E-state index in [0.717, 1.165) is 48.5 Å². The molecule has 0 saturated carbocycles. The fourth-order valence-corrected chi connectivity index (χ4v) is 5.97. The lowest BCUT2D eigenvalue weighted by Gasteiger charge is -2.42. The topological polar surface area (TPSA) is 94.2 Å². The van der Waals surface area contributed by atoms with E-state index in [4.69, 9.17) is 0 Å². The largest absolute Gasteiger partial charge is 0.354 e. The van der Waals surface area contributed by atoms with Gasteiger partial charge in [0.1, 0.15) is 17.8 Å². The number of nitrogens with zero attached hydrogens (tertiary/aromatic N) is 4. The van der Waals surface area contributed by atoms with Crippen molar-refractivity contribution in [1.29, 1.82) is 0 Å². The normalized spacial score (nSPS) is 20.3. The SMILES string of the molecule is CC1CCN(Cc2ccc(S(=O)(=O)NC(C)(C)C)cc2)CC1N(C)c1ncnc2[nH]ccc12. The van der Waals surface area contributed by atoms with Crippen LogP contribution >= 0.6 is 0 Å². The van der Waals surface area contributed by atoms with Crippen LogP contribution in [0.4, 0.5) is 5.82 Å². The van der Waals surface area contributed by atoms with Crippen molar-refractivity contribution in [3.05, 3.63) is 48.4 Å². The molecule has 0 spiro atoms. The summed E-state index contributed by atoms with van der Waals surface area (Å²) in [6.45, 7) is 10.5. The van der Waals surface area contributed by atoms with Gasteiger partial charge in [0.15, 0.2) is 0 Å². The number of H-pyrrole nitrogens is 1. The molecule has 0 aliphatic carbocycles. The lowest BCUT2D eigenvalue weighted by atomic mass is 9.92. The van der Waals surface area contributed by atoms with Crippen LogP contribution in [0.25, 0.3) is 11.0 Å². The number of hydrogen-bond acceptors (Lipinski definition) is 6. The van der Waals surface area contributed by atoms with Gasteiger partial charge >= 0.3 is 0 Å². The molecule has 4 rings (SSSR count). The molecular weight excluding hydrogens is 436 g/mol. The fourth-order valence-electron chi connectivity index (χ4n) is 4.55. The zero-order valence-electron chi connectivity index (χ0n) is 20.0. The van der Waals surface area contributed by atoms with Crippen molar-refractivity contribution < 1.29 is 8.42 Å². The summed E-state index contributed by atoms with van der Waals surface area (Å²) >= 11 is 0. The van der Waals surface area contributed by atoms with Gasteiger partial charge in [0.05, 0.1) is 10.3 Å². The van der Waals surface area contributed by atoms with E-state index < -0.39 is 15.6 Å². The van der Waals surface area contributed by atoms with Crippen molar-refractivity contribution in [3.63, 3.8) is 0 Å². The van der Waals surface area contributed by atoms with E-state index in [0.29, 0.717) is 16.9 Å². The van der Waals surface area contributed by atoms with Gasteiger partial charge in [-0.3, -0.25) is 4.90 Å². The Hall–Kier alpha value is -2.49. The van der Waals surface area contributed by atoms with E-state index >= 15 is 0 Å². The first-order chi connectivity index (χ1) is 15.5. The number of nitrogens with one attached hydrogen (secondary N) is 2. The standard InChI is InChI=1S/C24H34N6O2S/c1-17-11-13-30(14-18-6-8-19(9-7-18)33(31,32)28-24(2,3)4)15-21(17)29(5)23-20-10-12-25-22(20)26-16-27-23/h6-10,12,16-17,21,28H,11,13-15H2,1-5H3,(H,25,26,27). The third kappa shape index (κ3) is 5.37. The van der Waals surface area contributed by atoms with E-state index in [1.807, 2.05) is 45.2 Å². The smallest absolute Gasteiger partial charge is 0.241 e. The van der Waals surface area contributed by atoms with E-state index in [2.05, 4.69) is 43.4 Å². The van der Waals surface area contributed by atoms with Gasteiger partial charge in [-0.2, -0.15) is 0 Å². The van der Waals surface area contributed by atoms with Gasteiger partial charge in [0.25, 0.3) is 0 Å². The van der Waals surface area contributed by atoms with Crippen LogP contribution in [0.1, 0.15) is 39.7 Å². The van der Waals surface area contributed by atoms with E-state index in [1.54, 1.807) is 18.5 Å². The number of sulfonamides is 1. The molecule has 1 aliphatic heterocycles. The van der Waals surface area contributed by atoms with Crippen molar-refractivity contribution in [2.24, 2.45) is 5.92 Å². The number of likely N-dealkylation sites (N-methyl/N-ethyl adjacent to an activating group) is 1. The Kier molecular flexibility index (Phi) is 6.48. The van der Waals surface area contributed by atoms with Crippen molar-refractivity contribution in [2.75, 3.05) is 25.0 Å². The van der Waals surface area contributed by atoms with Crippen LogP contribution in [0.15, 0.2) is 47.8 Å². The minimum absolute atomic E-state index is 0.297. The molecule has 0 amide bonds. The number of fused-ring (bicyclic) bond motifs is 1. The predicted molar refractivity (Wildman–Crippen MR) is 132 cm³/mol. The number of aromatic nitrogens is 3. The number of anilines is 1. The minimum atomic E-state index is -3.52. The van der Waals surface area contributed by atoms with Gasteiger partial charge in [0, 0.05) is 37.9 Å². The number of benzene rings is 1. The first-order valence-corrected chi connectivity index (χ1v) is 12.9. The van der Waals surface area contributed by atoms with Crippen LogP contribution < -0.4 is 9.62 Å². The van der Waals surface area contributed by atoms with Crippen molar-refractivity contribution in [1.82, 2.24) is 24.6 Å². The van der Waals surface area contributed by atoms with Gasteiger partial charge in [-0.15, -0.1) is 0 Å². The first-order valence-electron chi connectivity index (χ1n) is 11.4. The number of hydrogen-bond donors (Lipinski definition) is 2. The summed E-state index contributed by atoms with van der Waals surface area (Å²) in [5, 5.41) is 1.03. The Balaban J connectivity index is 1.46. The molecule has 3 aromatic rings. The van der Waals surface area contributed by atoms with Crippen LogP contribution in [0.2, 0.25) is 0 Å². The van der Waals surface area contributed by atoms with Gasteiger partial charge in [-0.05, 0) is 63.4 Å². The summed E-state index contributed by atoms with van der Waals surface area (Å²) in [7, 11) is -1.41. The van der Waals surface area contributed by atoms with Crippen LogP contribution in [-0.2, 0) is 16.6 Å². The lowest BCUT2D eigenvalue weighted by Crippen LogP contribution is -2.50. The summed E-state index contributed by atoms with van der Waals surface area (Å²) in [5.41, 5.74) is 1.44. The summed E-state index contributed by atoms with van der Waals surface area (Å²) in [5.74, 6) is 1.48. The van der Waals surface area contributed by atoms with Crippen LogP contribution in [0.5, 0.6) is 0 Å². The van der Waals surface area contributed by atoms with E-state index in [-0.39, 0.29) is 0 Å². The Morgan fingerprint density at radius 3 is 2.61 bits per heavy atom. The third-order valence-corrected chi connectivity index (χ3v) is 8.02. The molecule has 2 aromatic heterocycles. The minimum Gasteiger partial charge on any atom is -0.354 e. The summed E-state index contributed by atoms with van der Waals surface area (Å²) < 4.78 is 27.8. The first kappa shape index (κ1) is 23.7. The Labute approximate surface area is 196 Å². The molecule has 33 heavy (non-hydrogen) atoms. The molecule has 0 bridgehead atoms. The maximum absolute atomic E-state index is 12.6. The predicted octanol–water partition coefficient (Wildman–Crippen LogP) is 3.38. The highest BCUT2D eigenvalue weighted by Gasteiger charge is 2.31. The molecule has 1 aromatic carbocycles. The lowest BCUT2D eigenvalue weighted by molar-refractivity contribution is 0.159. The average Bonchev–Trinajstić information content (AvgIpc) is 3.22. The Morgan fingerprint density at radius 2 is 1.91 bits per heavy atom. The molecule has 178 valence electrons. The van der Waals surface area contributed by atoms with Gasteiger partial charge in [0.2, 0.25) is 10.0 Å². The highest BCUT2D eigenvalue weighted by Crippen LogP contribution is 2.29. The van der Waals surface area contributed by atoms with Gasteiger partial charge in [-0.1, -0.05) is 19.1 Å². The molecular formula is C24H34N6O2S. The quantitative estimate of drug-likeness (QED) is 0.574. The molecule has 2 atom stereocenters. The number of piperidine rings is 1. The van der Waals surface area contributed by atoms with Gasteiger partial charge < -0.3 is 9.88 Å². The summed E-state index contributed by atoms with van der Waals surface area (Å²) in [6, 6.07) is 9.58. The van der Waals surface area contributed by atoms with Crippen LogP contribution in [-0.4, -0.2) is 60.0 Å². The molecule has 2 unspecified atom stereocenters. The van der Waals surface area contributed by atoms with Crippen molar-refractivity contribution in [2.45, 2.75) is 57.1 Å². The van der Waals surface area contributed by atoms with Crippen molar-refractivity contribution in [3.8, 4) is 0 Å². The molecule has 2 N–H and O–H groups in total. The van der Waals surface area contributed by atoms with E-state index in [9.17, 15) is 8.42 Å². The summed E-state index contributed by atoms with van der Waals surface area (Å²) in [6.07, 6.45) is 4.60. The number of likely N-dealkylation sites (tertiary alicyclic amines) is 1. The van der Waals surface area contributed by atoms with Gasteiger partial charge in [-0.25, -0.2) is 23.1 Å². The molecule has 1 aliphatic rings. The molecule has 1 saturated heterocycles. The molecule has 8 nitrogen and oxygen atoms in total. The number of rotatable bonds is 6. The third-order valence-electron chi connectivity index (χ3n) is 6.25. The molecule has 9 heteroatoms. The van der Waals surface area contributed by atoms with Crippen LogP contribution in [0.3, 0.4) is 0 Å². The Morgan fingerprint density at radius 1 is 1.18 bits per heavy atom. The second-order valence-electron chi connectivity index (χ2n) is 10.1. The monoisotopic (exact) mass is 470 g/mol. The molecule has 0 radical (unpaired) electrons. The second kappa shape index (κ2) is 9.04. The molecule has 1 fully saturated rings. The second-order valence-corrected chi connectivity index (χ2v) is 11.8. The van der Waals surface area contributed by atoms with Crippen molar-refractivity contribution >= 4 is 26.9 Å².